The Labute approximate surface area is 180 Å². The third-order valence-electron chi connectivity index (χ3n) is 5.61. The SMILES string of the molecule is COCCCNC(=O)C1CCN(c2ncnc3onc(-c4ccc(OC)cc4)c23)CC1. The number of aromatic nitrogens is 3. The van der Waals surface area contributed by atoms with Gasteiger partial charge in [0.05, 0.1) is 7.11 Å². The number of nitrogens with zero attached hydrogens (tertiary/aromatic N) is 4. The fourth-order valence-corrected chi connectivity index (χ4v) is 3.88. The maximum absolute atomic E-state index is 12.4. The number of benzene rings is 1. The number of methoxy groups -OCH3 is 2. The zero-order valence-electron chi connectivity index (χ0n) is 17.8. The van der Waals surface area contributed by atoms with Crippen LogP contribution in [-0.2, 0) is 9.53 Å². The number of rotatable bonds is 8. The third-order valence-corrected chi connectivity index (χ3v) is 5.61. The predicted molar refractivity (Wildman–Crippen MR) is 116 cm³/mol. The number of anilines is 1. The highest BCUT2D eigenvalue weighted by Gasteiger charge is 2.28. The molecule has 1 amide bonds. The fraction of sp³-hybridized carbons (Fsp3) is 0.455. The number of ether oxygens (including phenoxy) is 2. The van der Waals surface area contributed by atoms with E-state index in [4.69, 9.17) is 14.0 Å². The standard InChI is InChI=1S/C22H27N5O4/c1-29-13-3-10-23-21(28)16-8-11-27(12-9-16)20-18-19(26-31-22(18)25-14-24-20)15-4-6-17(30-2)7-5-15/h4-7,14,16H,3,8-13H2,1-2H3,(H,23,28). The second kappa shape index (κ2) is 9.74. The van der Waals surface area contributed by atoms with Crippen molar-refractivity contribution in [2.75, 3.05) is 45.4 Å². The summed E-state index contributed by atoms with van der Waals surface area (Å²) in [5, 5.41) is 8.05. The van der Waals surface area contributed by atoms with Crippen molar-refractivity contribution in [3.05, 3.63) is 30.6 Å². The van der Waals surface area contributed by atoms with Crippen molar-refractivity contribution in [2.45, 2.75) is 19.3 Å². The number of carbonyl (C=O) groups excluding carboxylic acids is 1. The predicted octanol–water partition coefficient (Wildman–Crippen LogP) is 2.66. The number of amides is 1. The first-order chi connectivity index (χ1) is 15.2. The molecular weight excluding hydrogens is 398 g/mol. The minimum atomic E-state index is 0.0136. The van der Waals surface area contributed by atoms with Gasteiger partial charge in [-0.3, -0.25) is 4.79 Å². The lowest BCUT2D eigenvalue weighted by Crippen LogP contribution is -2.41. The molecule has 9 heteroatoms. The summed E-state index contributed by atoms with van der Waals surface area (Å²) in [7, 11) is 3.30. The Balaban J connectivity index is 1.49. The van der Waals surface area contributed by atoms with Crippen LogP contribution in [0.25, 0.3) is 22.4 Å². The molecule has 0 bridgehead atoms. The van der Waals surface area contributed by atoms with Gasteiger partial charge in [0.25, 0.3) is 5.71 Å². The van der Waals surface area contributed by atoms with Crippen molar-refractivity contribution in [1.82, 2.24) is 20.4 Å². The molecule has 0 radical (unpaired) electrons. The molecule has 4 rings (SSSR count). The van der Waals surface area contributed by atoms with Crippen molar-refractivity contribution in [3.63, 3.8) is 0 Å². The highest BCUT2D eigenvalue weighted by Crippen LogP contribution is 2.35. The van der Waals surface area contributed by atoms with Crippen LogP contribution in [-0.4, -0.2) is 61.5 Å². The monoisotopic (exact) mass is 425 g/mol. The van der Waals surface area contributed by atoms with E-state index in [0.29, 0.717) is 24.6 Å². The van der Waals surface area contributed by atoms with Gasteiger partial charge in [0.2, 0.25) is 5.91 Å². The van der Waals surface area contributed by atoms with Crippen molar-refractivity contribution < 1.29 is 18.8 Å². The first kappa shape index (κ1) is 21.0. The highest BCUT2D eigenvalue weighted by atomic mass is 16.5. The average molecular weight is 425 g/mol. The van der Waals surface area contributed by atoms with Crippen LogP contribution in [0.4, 0.5) is 5.82 Å². The Morgan fingerprint density at radius 2 is 1.97 bits per heavy atom. The largest absolute Gasteiger partial charge is 0.497 e. The molecule has 3 aromatic rings. The summed E-state index contributed by atoms with van der Waals surface area (Å²) in [5.41, 5.74) is 2.06. The second-order valence-electron chi connectivity index (χ2n) is 7.54. The molecule has 31 heavy (non-hydrogen) atoms. The van der Waals surface area contributed by atoms with Crippen LogP contribution in [0.3, 0.4) is 0 Å². The Bertz CT molecular complexity index is 1010. The summed E-state index contributed by atoms with van der Waals surface area (Å²) in [5.74, 6) is 1.69. The normalized spacial score (nSPS) is 14.7. The van der Waals surface area contributed by atoms with Gasteiger partial charge in [-0.05, 0) is 43.5 Å². The van der Waals surface area contributed by atoms with E-state index in [1.165, 1.54) is 6.33 Å². The van der Waals surface area contributed by atoms with Crippen LogP contribution >= 0.6 is 0 Å². The molecular formula is C22H27N5O4. The number of carbonyl (C=O) groups is 1. The van der Waals surface area contributed by atoms with E-state index in [9.17, 15) is 4.79 Å². The molecule has 1 saturated heterocycles. The summed E-state index contributed by atoms with van der Waals surface area (Å²) in [6, 6.07) is 7.65. The first-order valence-corrected chi connectivity index (χ1v) is 10.5. The molecule has 1 N–H and O–H groups in total. The van der Waals surface area contributed by atoms with Gasteiger partial charge in [-0.2, -0.15) is 4.98 Å². The van der Waals surface area contributed by atoms with E-state index in [2.05, 4.69) is 25.3 Å². The van der Waals surface area contributed by atoms with Crippen molar-refractivity contribution in [2.24, 2.45) is 5.92 Å². The minimum Gasteiger partial charge on any atom is -0.497 e. The first-order valence-electron chi connectivity index (χ1n) is 10.5. The van der Waals surface area contributed by atoms with Crippen molar-refractivity contribution in [3.8, 4) is 17.0 Å². The molecule has 164 valence electrons. The van der Waals surface area contributed by atoms with Crippen LogP contribution < -0.4 is 15.0 Å². The number of piperidine rings is 1. The Morgan fingerprint density at radius 1 is 1.19 bits per heavy atom. The van der Waals surface area contributed by atoms with E-state index in [-0.39, 0.29) is 11.8 Å². The van der Waals surface area contributed by atoms with Crippen LogP contribution in [0.2, 0.25) is 0 Å². The summed E-state index contributed by atoms with van der Waals surface area (Å²) in [6.45, 7) is 2.76. The van der Waals surface area contributed by atoms with Gasteiger partial charge in [-0.25, -0.2) is 4.98 Å². The third kappa shape index (κ3) is 4.61. The molecule has 1 aliphatic rings. The molecule has 0 aliphatic carbocycles. The molecule has 0 spiro atoms. The quantitative estimate of drug-likeness (QED) is 0.550. The van der Waals surface area contributed by atoms with Gasteiger partial charge >= 0.3 is 0 Å². The molecule has 0 unspecified atom stereocenters. The van der Waals surface area contributed by atoms with Crippen molar-refractivity contribution in [1.29, 1.82) is 0 Å². The lowest BCUT2D eigenvalue weighted by molar-refractivity contribution is -0.125. The zero-order valence-corrected chi connectivity index (χ0v) is 17.8. The fourth-order valence-electron chi connectivity index (χ4n) is 3.88. The molecule has 9 nitrogen and oxygen atoms in total. The highest BCUT2D eigenvalue weighted by molar-refractivity contribution is 5.98. The van der Waals surface area contributed by atoms with E-state index in [0.717, 1.165) is 54.9 Å². The lowest BCUT2D eigenvalue weighted by Gasteiger charge is -2.32. The summed E-state index contributed by atoms with van der Waals surface area (Å²) in [4.78, 5) is 23.4. The van der Waals surface area contributed by atoms with Gasteiger partial charge in [0.15, 0.2) is 0 Å². The van der Waals surface area contributed by atoms with Gasteiger partial charge in [0, 0.05) is 44.8 Å². The minimum absolute atomic E-state index is 0.0136. The van der Waals surface area contributed by atoms with E-state index < -0.39 is 0 Å². The summed E-state index contributed by atoms with van der Waals surface area (Å²) in [6.07, 6.45) is 3.85. The van der Waals surface area contributed by atoms with Gasteiger partial charge < -0.3 is 24.2 Å². The van der Waals surface area contributed by atoms with Crippen LogP contribution in [0.15, 0.2) is 35.1 Å². The molecule has 0 atom stereocenters. The maximum Gasteiger partial charge on any atom is 0.263 e. The van der Waals surface area contributed by atoms with Gasteiger partial charge in [-0.1, -0.05) is 5.16 Å². The Kier molecular flexibility index (Phi) is 6.61. The molecule has 0 saturated carbocycles. The van der Waals surface area contributed by atoms with E-state index >= 15 is 0 Å². The summed E-state index contributed by atoms with van der Waals surface area (Å²) >= 11 is 0. The Hall–Kier alpha value is -3.20. The molecule has 1 aliphatic heterocycles. The van der Waals surface area contributed by atoms with Gasteiger partial charge in [-0.15, -0.1) is 0 Å². The Morgan fingerprint density at radius 3 is 2.68 bits per heavy atom. The topological polar surface area (TPSA) is 103 Å². The van der Waals surface area contributed by atoms with E-state index in [1.54, 1.807) is 14.2 Å². The number of fused-ring (bicyclic) bond motifs is 1. The number of hydrogen-bond donors (Lipinski definition) is 1. The van der Waals surface area contributed by atoms with Crippen LogP contribution in [0.5, 0.6) is 5.75 Å². The molecule has 3 heterocycles. The van der Waals surface area contributed by atoms with Crippen molar-refractivity contribution >= 4 is 22.8 Å². The molecule has 1 aromatic carbocycles. The molecule has 1 fully saturated rings. The lowest BCUT2D eigenvalue weighted by atomic mass is 9.95. The summed E-state index contributed by atoms with van der Waals surface area (Å²) < 4.78 is 15.7. The number of nitrogens with one attached hydrogen (secondary N) is 1. The van der Waals surface area contributed by atoms with Gasteiger partial charge in [0.1, 0.15) is 29.0 Å². The smallest absolute Gasteiger partial charge is 0.263 e. The average Bonchev–Trinajstić information content (AvgIpc) is 3.26. The second-order valence-corrected chi connectivity index (χ2v) is 7.54. The molecule has 2 aromatic heterocycles. The zero-order chi connectivity index (χ0) is 21.6. The van der Waals surface area contributed by atoms with Crippen LogP contribution in [0.1, 0.15) is 19.3 Å². The number of hydrogen-bond acceptors (Lipinski definition) is 8. The van der Waals surface area contributed by atoms with E-state index in [1.807, 2.05) is 24.3 Å². The van der Waals surface area contributed by atoms with Crippen LogP contribution in [0, 0.1) is 5.92 Å². The maximum atomic E-state index is 12.4.